The second kappa shape index (κ2) is 7.34. The number of rotatable bonds is 7. The standard InChI is InChI=1S/C19H30N2O4/c1-12(2)9-20-16(22)11-25-17(23)10-21-18(24)19-6-13-3-14(7-19)5-15(4-13)8-19/h12-15H,3-11H2,1-2H3,(H,20,22)(H,21,24). The Kier molecular flexibility index (Phi) is 5.35. The van der Waals surface area contributed by atoms with Crippen molar-refractivity contribution in [3.05, 3.63) is 0 Å². The Bertz CT molecular complexity index is 508. The van der Waals surface area contributed by atoms with Crippen molar-refractivity contribution in [2.24, 2.45) is 29.1 Å². The van der Waals surface area contributed by atoms with Crippen LogP contribution in [0.5, 0.6) is 0 Å². The average molecular weight is 350 g/mol. The third-order valence-corrected chi connectivity index (χ3v) is 5.98. The number of hydrogen-bond donors (Lipinski definition) is 2. The zero-order chi connectivity index (χ0) is 18.0. The highest BCUT2D eigenvalue weighted by Crippen LogP contribution is 2.60. The molecule has 4 aliphatic rings. The molecule has 2 amide bonds. The first-order valence-electron chi connectivity index (χ1n) is 9.57. The van der Waals surface area contributed by atoms with Gasteiger partial charge in [0.15, 0.2) is 6.61 Å². The summed E-state index contributed by atoms with van der Waals surface area (Å²) in [5, 5.41) is 5.46. The van der Waals surface area contributed by atoms with Gasteiger partial charge in [0.05, 0.1) is 0 Å². The molecule has 0 heterocycles. The first kappa shape index (κ1) is 18.2. The summed E-state index contributed by atoms with van der Waals surface area (Å²) < 4.78 is 4.94. The van der Waals surface area contributed by atoms with Crippen molar-refractivity contribution in [1.82, 2.24) is 10.6 Å². The molecule has 6 heteroatoms. The maximum absolute atomic E-state index is 12.7. The largest absolute Gasteiger partial charge is 0.454 e. The van der Waals surface area contributed by atoms with Crippen molar-refractivity contribution in [3.63, 3.8) is 0 Å². The predicted octanol–water partition coefficient (Wildman–Crippen LogP) is 1.63. The fourth-order valence-corrected chi connectivity index (χ4v) is 5.29. The Morgan fingerprint density at radius 2 is 1.56 bits per heavy atom. The van der Waals surface area contributed by atoms with Crippen LogP contribution < -0.4 is 10.6 Å². The summed E-state index contributed by atoms with van der Waals surface area (Å²) in [6.45, 7) is 4.09. The van der Waals surface area contributed by atoms with Crippen molar-refractivity contribution in [3.8, 4) is 0 Å². The van der Waals surface area contributed by atoms with Crippen LogP contribution in [-0.4, -0.2) is 37.5 Å². The van der Waals surface area contributed by atoms with Gasteiger partial charge in [-0.05, 0) is 62.2 Å². The molecular formula is C19H30N2O4. The number of esters is 1. The smallest absolute Gasteiger partial charge is 0.325 e. The molecule has 0 radical (unpaired) electrons. The molecule has 0 saturated heterocycles. The van der Waals surface area contributed by atoms with Gasteiger partial charge in [0.1, 0.15) is 6.54 Å². The van der Waals surface area contributed by atoms with Crippen LogP contribution in [0.2, 0.25) is 0 Å². The SMILES string of the molecule is CC(C)CNC(=O)COC(=O)CNC(=O)C12CC3CC(CC(C3)C1)C2. The van der Waals surface area contributed by atoms with Crippen molar-refractivity contribution in [1.29, 1.82) is 0 Å². The number of hydrogen-bond acceptors (Lipinski definition) is 4. The van der Waals surface area contributed by atoms with Crippen LogP contribution in [0.15, 0.2) is 0 Å². The molecule has 0 unspecified atom stereocenters. The van der Waals surface area contributed by atoms with E-state index in [-0.39, 0.29) is 30.4 Å². The van der Waals surface area contributed by atoms with Crippen LogP contribution in [0, 0.1) is 29.1 Å². The molecule has 4 saturated carbocycles. The van der Waals surface area contributed by atoms with Crippen molar-refractivity contribution >= 4 is 17.8 Å². The summed E-state index contributed by atoms with van der Waals surface area (Å²) in [6.07, 6.45) is 6.74. The van der Waals surface area contributed by atoms with Crippen LogP contribution in [0.25, 0.3) is 0 Å². The number of amides is 2. The lowest BCUT2D eigenvalue weighted by Crippen LogP contribution is -2.54. The predicted molar refractivity (Wildman–Crippen MR) is 92.4 cm³/mol. The van der Waals surface area contributed by atoms with E-state index in [9.17, 15) is 14.4 Å². The lowest BCUT2D eigenvalue weighted by molar-refractivity contribution is -0.152. The van der Waals surface area contributed by atoms with E-state index in [1.165, 1.54) is 19.3 Å². The van der Waals surface area contributed by atoms with Gasteiger partial charge in [0.2, 0.25) is 5.91 Å². The van der Waals surface area contributed by atoms with E-state index in [2.05, 4.69) is 10.6 Å². The van der Waals surface area contributed by atoms with Gasteiger partial charge in [-0.1, -0.05) is 13.8 Å². The molecule has 6 nitrogen and oxygen atoms in total. The molecule has 0 spiro atoms. The zero-order valence-electron chi connectivity index (χ0n) is 15.3. The first-order valence-corrected chi connectivity index (χ1v) is 9.57. The third kappa shape index (κ3) is 4.33. The lowest BCUT2D eigenvalue weighted by Gasteiger charge is -2.55. The maximum atomic E-state index is 12.7. The van der Waals surface area contributed by atoms with Gasteiger partial charge in [-0.25, -0.2) is 0 Å². The Morgan fingerprint density at radius 3 is 2.08 bits per heavy atom. The van der Waals surface area contributed by atoms with E-state index in [4.69, 9.17) is 4.74 Å². The number of carbonyl (C=O) groups excluding carboxylic acids is 3. The maximum Gasteiger partial charge on any atom is 0.325 e. The highest BCUT2D eigenvalue weighted by Gasteiger charge is 2.54. The summed E-state index contributed by atoms with van der Waals surface area (Å²) in [7, 11) is 0. The molecule has 0 aliphatic heterocycles. The molecule has 4 bridgehead atoms. The highest BCUT2D eigenvalue weighted by atomic mass is 16.5. The lowest BCUT2D eigenvalue weighted by atomic mass is 9.49. The van der Waals surface area contributed by atoms with Crippen LogP contribution >= 0.6 is 0 Å². The van der Waals surface area contributed by atoms with Gasteiger partial charge in [-0.3, -0.25) is 14.4 Å². The Hall–Kier alpha value is -1.59. The molecule has 4 fully saturated rings. The van der Waals surface area contributed by atoms with E-state index in [0.29, 0.717) is 30.2 Å². The fourth-order valence-electron chi connectivity index (χ4n) is 5.29. The summed E-state index contributed by atoms with van der Waals surface area (Å²) in [6, 6.07) is 0. The van der Waals surface area contributed by atoms with Gasteiger partial charge in [0, 0.05) is 12.0 Å². The van der Waals surface area contributed by atoms with Crippen LogP contribution in [0.3, 0.4) is 0 Å². The van der Waals surface area contributed by atoms with Crippen molar-refractivity contribution < 1.29 is 19.1 Å². The van der Waals surface area contributed by atoms with Crippen molar-refractivity contribution in [2.45, 2.75) is 52.4 Å². The van der Waals surface area contributed by atoms with Crippen molar-refractivity contribution in [2.75, 3.05) is 19.7 Å². The quantitative estimate of drug-likeness (QED) is 0.684. The Labute approximate surface area is 149 Å². The van der Waals surface area contributed by atoms with E-state index in [0.717, 1.165) is 19.3 Å². The molecule has 140 valence electrons. The Morgan fingerprint density at radius 1 is 1.00 bits per heavy atom. The summed E-state index contributed by atoms with van der Waals surface area (Å²) >= 11 is 0. The minimum absolute atomic E-state index is 0.00723. The number of ether oxygens (including phenoxy) is 1. The topological polar surface area (TPSA) is 84.5 Å². The summed E-state index contributed by atoms with van der Waals surface area (Å²) in [5.41, 5.74) is -0.260. The van der Waals surface area contributed by atoms with Crippen LogP contribution in [-0.2, 0) is 19.1 Å². The Balaban J connectivity index is 1.40. The summed E-state index contributed by atoms with van der Waals surface area (Å²) in [4.78, 5) is 36.1. The van der Waals surface area contributed by atoms with E-state index in [1.807, 2.05) is 13.8 Å². The molecule has 2 N–H and O–H groups in total. The second-order valence-electron chi connectivity index (χ2n) is 8.74. The molecule has 0 aromatic rings. The van der Waals surface area contributed by atoms with Gasteiger partial charge < -0.3 is 15.4 Å². The minimum Gasteiger partial charge on any atom is -0.454 e. The molecule has 0 aromatic heterocycles. The van der Waals surface area contributed by atoms with E-state index in [1.54, 1.807) is 0 Å². The fraction of sp³-hybridized carbons (Fsp3) is 0.842. The molecule has 25 heavy (non-hydrogen) atoms. The van der Waals surface area contributed by atoms with Gasteiger partial charge >= 0.3 is 5.97 Å². The second-order valence-corrected chi connectivity index (χ2v) is 8.74. The normalized spacial score (nSPS) is 32.5. The van der Waals surface area contributed by atoms with Crippen LogP contribution in [0.4, 0.5) is 0 Å². The first-order chi connectivity index (χ1) is 11.9. The number of nitrogens with one attached hydrogen (secondary N) is 2. The zero-order valence-corrected chi connectivity index (χ0v) is 15.3. The molecular weight excluding hydrogens is 320 g/mol. The van der Waals surface area contributed by atoms with Gasteiger partial charge in [-0.15, -0.1) is 0 Å². The number of carbonyl (C=O) groups is 3. The molecule has 4 aliphatic carbocycles. The van der Waals surface area contributed by atoms with E-state index < -0.39 is 5.97 Å². The van der Waals surface area contributed by atoms with E-state index >= 15 is 0 Å². The van der Waals surface area contributed by atoms with Gasteiger partial charge in [-0.2, -0.15) is 0 Å². The van der Waals surface area contributed by atoms with Crippen LogP contribution in [0.1, 0.15) is 52.4 Å². The average Bonchev–Trinajstić information content (AvgIpc) is 2.54. The molecule has 4 rings (SSSR count). The summed E-state index contributed by atoms with van der Waals surface area (Å²) in [5.74, 6) is 1.55. The minimum atomic E-state index is -0.558. The third-order valence-electron chi connectivity index (χ3n) is 5.98. The highest BCUT2D eigenvalue weighted by molar-refractivity contribution is 5.87. The monoisotopic (exact) mass is 350 g/mol. The molecule has 0 aromatic carbocycles. The molecule has 0 atom stereocenters. The van der Waals surface area contributed by atoms with Gasteiger partial charge in [0.25, 0.3) is 5.91 Å².